The van der Waals surface area contributed by atoms with E-state index in [2.05, 4.69) is 9.88 Å². The van der Waals surface area contributed by atoms with Gasteiger partial charge in [0.2, 0.25) is 5.91 Å². The summed E-state index contributed by atoms with van der Waals surface area (Å²) < 4.78 is 1.43. The highest BCUT2D eigenvalue weighted by molar-refractivity contribution is 5.76. The Kier molecular flexibility index (Phi) is 5.47. The van der Waals surface area contributed by atoms with E-state index < -0.39 is 0 Å². The zero-order valence-electron chi connectivity index (χ0n) is 13.8. The minimum atomic E-state index is -0.340. The molecule has 1 heterocycles. The normalized spacial score (nSPS) is 20.3. The maximum Gasteiger partial charge on any atom is 0.347 e. The van der Waals surface area contributed by atoms with Gasteiger partial charge in [0, 0.05) is 24.5 Å². The summed E-state index contributed by atoms with van der Waals surface area (Å²) in [6.07, 6.45) is 15.0. The van der Waals surface area contributed by atoms with Crippen LogP contribution in [0.25, 0.3) is 0 Å². The number of carbonyl (C=O) groups excluding carboxylic acids is 1. The molecule has 3 rings (SSSR count). The summed E-state index contributed by atoms with van der Waals surface area (Å²) >= 11 is 0. The van der Waals surface area contributed by atoms with Crippen molar-refractivity contribution >= 4 is 5.91 Å². The molecule has 0 aliphatic heterocycles. The average molecular weight is 317 g/mol. The molecule has 0 unspecified atom stereocenters. The molecule has 1 aromatic rings. The standard InChI is InChI=1S/C18H27N3O2/c22-17(14-20-13-7-12-19-18(20)23)21(15-8-3-1-4-9-15)16-10-5-2-6-11-16/h7,12-13,15-16H,1-6,8-11,14H2. The van der Waals surface area contributed by atoms with E-state index in [1.807, 2.05) is 0 Å². The lowest BCUT2D eigenvalue weighted by Crippen LogP contribution is -2.50. The molecular weight excluding hydrogens is 290 g/mol. The van der Waals surface area contributed by atoms with E-state index in [-0.39, 0.29) is 18.1 Å². The van der Waals surface area contributed by atoms with Crippen LogP contribution in [0.4, 0.5) is 0 Å². The lowest BCUT2D eigenvalue weighted by Gasteiger charge is -2.42. The van der Waals surface area contributed by atoms with Crippen LogP contribution in [-0.2, 0) is 11.3 Å². The Hall–Kier alpha value is -1.65. The molecule has 2 fully saturated rings. The number of rotatable bonds is 4. The van der Waals surface area contributed by atoms with E-state index in [1.54, 1.807) is 12.3 Å². The third kappa shape index (κ3) is 4.01. The number of aromatic nitrogens is 2. The minimum Gasteiger partial charge on any atom is -0.335 e. The van der Waals surface area contributed by atoms with Gasteiger partial charge in [0.25, 0.3) is 0 Å². The van der Waals surface area contributed by atoms with Crippen LogP contribution in [-0.4, -0.2) is 32.4 Å². The van der Waals surface area contributed by atoms with Gasteiger partial charge >= 0.3 is 5.69 Å². The van der Waals surface area contributed by atoms with Crippen LogP contribution >= 0.6 is 0 Å². The van der Waals surface area contributed by atoms with E-state index in [4.69, 9.17) is 0 Å². The summed E-state index contributed by atoms with van der Waals surface area (Å²) in [5.74, 6) is 0.0962. The Labute approximate surface area is 137 Å². The first-order valence-electron chi connectivity index (χ1n) is 9.08. The third-order valence-corrected chi connectivity index (χ3v) is 5.31. The van der Waals surface area contributed by atoms with Crippen LogP contribution in [0.5, 0.6) is 0 Å². The van der Waals surface area contributed by atoms with Crippen molar-refractivity contribution in [2.45, 2.75) is 82.8 Å². The molecule has 2 aliphatic rings. The Morgan fingerprint density at radius 1 is 1.04 bits per heavy atom. The zero-order valence-corrected chi connectivity index (χ0v) is 13.8. The molecular formula is C18H27N3O2. The first kappa shape index (κ1) is 16.2. The number of nitrogens with zero attached hydrogens (tertiary/aromatic N) is 3. The fraction of sp³-hybridized carbons (Fsp3) is 0.722. The van der Waals surface area contributed by atoms with Gasteiger partial charge < -0.3 is 4.90 Å². The first-order valence-corrected chi connectivity index (χ1v) is 9.08. The Morgan fingerprint density at radius 3 is 2.13 bits per heavy atom. The van der Waals surface area contributed by atoms with E-state index in [1.165, 1.54) is 49.3 Å². The van der Waals surface area contributed by atoms with Gasteiger partial charge in [-0.15, -0.1) is 0 Å². The molecule has 23 heavy (non-hydrogen) atoms. The summed E-state index contributed by atoms with van der Waals surface area (Å²) in [5, 5.41) is 0. The second-order valence-corrected chi connectivity index (χ2v) is 6.91. The highest BCUT2D eigenvalue weighted by Gasteiger charge is 2.32. The van der Waals surface area contributed by atoms with Crippen molar-refractivity contribution in [3.8, 4) is 0 Å². The summed E-state index contributed by atoms with van der Waals surface area (Å²) in [6, 6.07) is 2.44. The van der Waals surface area contributed by atoms with Crippen LogP contribution in [0, 0.1) is 0 Å². The van der Waals surface area contributed by atoms with Crippen molar-refractivity contribution in [1.82, 2.24) is 14.5 Å². The maximum atomic E-state index is 13.0. The van der Waals surface area contributed by atoms with Gasteiger partial charge in [-0.3, -0.25) is 9.36 Å². The molecule has 2 saturated carbocycles. The van der Waals surface area contributed by atoms with Crippen molar-refractivity contribution in [2.75, 3.05) is 0 Å². The van der Waals surface area contributed by atoms with Crippen molar-refractivity contribution in [2.24, 2.45) is 0 Å². The van der Waals surface area contributed by atoms with Gasteiger partial charge in [-0.05, 0) is 31.7 Å². The van der Waals surface area contributed by atoms with Crippen LogP contribution in [0.2, 0.25) is 0 Å². The summed E-state index contributed by atoms with van der Waals surface area (Å²) in [6.45, 7) is 0.125. The predicted molar refractivity (Wildman–Crippen MR) is 89.1 cm³/mol. The van der Waals surface area contributed by atoms with Crippen LogP contribution in [0.15, 0.2) is 23.3 Å². The average Bonchev–Trinajstić information content (AvgIpc) is 2.59. The fourth-order valence-corrected chi connectivity index (χ4v) is 4.16. The second-order valence-electron chi connectivity index (χ2n) is 6.91. The summed E-state index contributed by atoms with van der Waals surface area (Å²) in [7, 11) is 0. The Morgan fingerprint density at radius 2 is 1.61 bits per heavy atom. The molecule has 0 aromatic carbocycles. The van der Waals surface area contributed by atoms with E-state index >= 15 is 0 Å². The number of hydrogen-bond donors (Lipinski definition) is 0. The molecule has 5 heteroatoms. The molecule has 126 valence electrons. The Bertz CT molecular complexity index is 554. The molecule has 0 radical (unpaired) electrons. The predicted octanol–water partition coefficient (Wildman–Crippen LogP) is 2.74. The molecule has 0 saturated heterocycles. The molecule has 0 atom stereocenters. The fourth-order valence-electron chi connectivity index (χ4n) is 4.16. The van der Waals surface area contributed by atoms with Crippen molar-refractivity contribution < 1.29 is 4.79 Å². The SMILES string of the molecule is O=C(Cn1cccnc1=O)N(C1CCCCC1)C1CCCCC1. The van der Waals surface area contributed by atoms with Crippen LogP contribution in [0.3, 0.4) is 0 Å². The van der Waals surface area contributed by atoms with E-state index in [9.17, 15) is 9.59 Å². The molecule has 0 bridgehead atoms. The lowest BCUT2D eigenvalue weighted by molar-refractivity contribution is -0.138. The van der Waals surface area contributed by atoms with Gasteiger partial charge in [0.15, 0.2) is 0 Å². The summed E-state index contributed by atoms with van der Waals surface area (Å²) in [5.41, 5.74) is -0.340. The van der Waals surface area contributed by atoms with Crippen molar-refractivity contribution in [3.05, 3.63) is 28.9 Å². The lowest BCUT2D eigenvalue weighted by atomic mass is 9.88. The van der Waals surface area contributed by atoms with Gasteiger partial charge in [0.1, 0.15) is 6.54 Å². The van der Waals surface area contributed by atoms with Crippen molar-refractivity contribution in [3.63, 3.8) is 0 Å². The highest BCUT2D eigenvalue weighted by atomic mass is 16.2. The molecule has 1 amide bonds. The highest BCUT2D eigenvalue weighted by Crippen LogP contribution is 2.30. The number of hydrogen-bond acceptors (Lipinski definition) is 3. The van der Waals surface area contributed by atoms with Gasteiger partial charge in [0.05, 0.1) is 0 Å². The quantitative estimate of drug-likeness (QED) is 0.858. The van der Waals surface area contributed by atoms with Gasteiger partial charge in [-0.1, -0.05) is 38.5 Å². The molecule has 0 spiro atoms. The summed E-state index contributed by atoms with van der Waals surface area (Å²) in [4.78, 5) is 30.7. The van der Waals surface area contributed by atoms with Gasteiger partial charge in [-0.2, -0.15) is 0 Å². The second kappa shape index (κ2) is 7.75. The maximum absolute atomic E-state index is 13.0. The molecule has 2 aliphatic carbocycles. The largest absolute Gasteiger partial charge is 0.347 e. The number of amides is 1. The first-order chi connectivity index (χ1) is 11.3. The number of carbonyl (C=O) groups is 1. The van der Waals surface area contributed by atoms with Crippen molar-refractivity contribution in [1.29, 1.82) is 0 Å². The minimum absolute atomic E-state index is 0.0962. The zero-order chi connectivity index (χ0) is 16.1. The monoisotopic (exact) mass is 317 g/mol. The topological polar surface area (TPSA) is 55.2 Å². The molecule has 0 N–H and O–H groups in total. The smallest absolute Gasteiger partial charge is 0.335 e. The molecule has 5 nitrogen and oxygen atoms in total. The van der Waals surface area contributed by atoms with Crippen LogP contribution in [0.1, 0.15) is 64.2 Å². The Balaban J connectivity index is 1.77. The van der Waals surface area contributed by atoms with Crippen LogP contribution < -0.4 is 5.69 Å². The van der Waals surface area contributed by atoms with E-state index in [0.29, 0.717) is 12.1 Å². The third-order valence-electron chi connectivity index (χ3n) is 5.31. The van der Waals surface area contributed by atoms with E-state index in [0.717, 1.165) is 25.7 Å². The molecule has 1 aromatic heterocycles. The van der Waals surface area contributed by atoms with Gasteiger partial charge in [-0.25, -0.2) is 9.78 Å².